The Morgan fingerprint density at radius 2 is 1.81 bits per heavy atom. The van der Waals surface area contributed by atoms with Crippen LogP contribution in [-0.2, 0) is 11.3 Å². The third-order valence-electron chi connectivity index (χ3n) is 2.68. The minimum atomic E-state index is -0.878. The Morgan fingerprint density at radius 3 is 2.43 bits per heavy atom. The van der Waals surface area contributed by atoms with E-state index in [9.17, 15) is 13.6 Å². The van der Waals surface area contributed by atoms with E-state index in [0.717, 1.165) is 12.1 Å². The van der Waals surface area contributed by atoms with Crippen LogP contribution in [0.3, 0.4) is 0 Å². The smallest absolute Gasteiger partial charge is 0.340 e. The third-order valence-corrected chi connectivity index (χ3v) is 3.48. The van der Waals surface area contributed by atoms with Gasteiger partial charge >= 0.3 is 5.97 Å². The Labute approximate surface area is 129 Å². The molecule has 7 heteroatoms. The van der Waals surface area contributed by atoms with Crippen molar-refractivity contribution < 1.29 is 18.3 Å². The molecule has 2 rings (SSSR count). The van der Waals surface area contributed by atoms with Gasteiger partial charge in [-0.25, -0.2) is 13.6 Å². The summed E-state index contributed by atoms with van der Waals surface area (Å²) in [5.41, 5.74) is 5.35. The maximum Gasteiger partial charge on any atom is 0.340 e. The molecule has 2 aromatic carbocycles. The summed E-state index contributed by atoms with van der Waals surface area (Å²) >= 11 is 11.7. The average Bonchev–Trinajstić information content (AvgIpc) is 2.42. The molecule has 0 aliphatic carbocycles. The lowest BCUT2D eigenvalue weighted by Gasteiger charge is -2.09. The number of nitrogens with two attached hydrogens (primary N) is 1. The summed E-state index contributed by atoms with van der Waals surface area (Å²) < 4.78 is 31.7. The number of ether oxygens (including phenoxy) is 1. The van der Waals surface area contributed by atoms with E-state index in [2.05, 4.69) is 0 Å². The highest BCUT2D eigenvalue weighted by molar-refractivity contribution is 6.44. The molecular formula is C14H9Cl2F2NO2. The first-order valence-electron chi connectivity index (χ1n) is 5.74. The number of nitrogen functional groups attached to an aromatic ring is 1. The Kier molecular flexibility index (Phi) is 4.65. The number of esters is 1. The summed E-state index contributed by atoms with van der Waals surface area (Å²) in [6, 6.07) is 5.99. The van der Waals surface area contributed by atoms with E-state index < -0.39 is 24.2 Å². The monoisotopic (exact) mass is 331 g/mol. The fourth-order valence-electron chi connectivity index (χ4n) is 1.64. The normalized spacial score (nSPS) is 10.5. The van der Waals surface area contributed by atoms with Crippen LogP contribution in [0.25, 0.3) is 0 Å². The molecule has 21 heavy (non-hydrogen) atoms. The van der Waals surface area contributed by atoms with Gasteiger partial charge in [0.2, 0.25) is 0 Å². The van der Waals surface area contributed by atoms with Crippen LogP contribution in [0.2, 0.25) is 10.0 Å². The van der Waals surface area contributed by atoms with Crippen molar-refractivity contribution >= 4 is 34.9 Å². The first-order chi connectivity index (χ1) is 9.90. The van der Waals surface area contributed by atoms with Crippen LogP contribution in [0, 0.1) is 11.6 Å². The van der Waals surface area contributed by atoms with E-state index in [1.165, 1.54) is 18.2 Å². The third kappa shape index (κ3) is 3.43. The van der Waals surface area contributed by atoms with E-state index >= 15 is 0 Å². The first kappa shape index (κ1) is 15.5. The minimum absolute atomic E-state index is 0.0372. The second-order valence-corrected chi connectivity index (χ2v) is 4.93. The molecule has 0 aliphatic heterocycles. The summed E-state index contributed by atoms with van der Waals surface area (Å²) in [5, 5.41) is 0.0468. The minimum Gasteiger partial charge on any atom is -0.457 e. The largest absolute Gasteiger partial charge is 0.457 e. The molecule has 0 saturated heterocycles. The lowest BCUT2D eigenvalue weighted by atomic mass is 10.2. The molecule has 0 saturated carbocycles. The average molecular weight is 332 g/mol. The zero-order valence-electron chi connectivity index (χ0n) is 10.5. The molecular weight excluding hydrogens is 323 g/mol. The van der Waals surface area contributed by atoms with Gasteiger partial charge in [0.1, 0.15) is 18.2 Å². The summed E-state index contributed by atoms with van der Waals surface area (Å²) in [6.07, 6.45) is 0. The van der Waals surface area contributed by atoms with Crippen molar-refractivity contribution in [3.05, 3.63) is 63.1 Å². The Morgan fingerprint density at radius 1 is 1.19 bits per heavy atom. The maximum absolute atomic E-state index is 13.4. The van der Waals surface area contributed by atoms with Gasteiger partial charge in [0, 0.05) is 5.69 Å². The van der Waals surface area contributed by atoms with Crippen molar-refractivity contribution in [3.8, 4) is 0 Å². The van der Waals surface area contributed by atoms with Crippen LogP contribution in [0.15, 0.2) is 30.3 Å². The molecule has 0 fully saturated rings. The quantitative estimate of drug-likeness (QED) is 0.677. The molecule has 3 nitrogen and oxygen atoms in total. The molecule has 0 atom stereocenters. The van der Waals surface area contributed by atoms with Gasteiger partial charge in [-0.05, 0) is 24.3 Å². The van der Waals surface area contributed by atoms with Crippen molar-refractivity contribution in [2.75, 3.05) is 5.73 Å². The molecule has 0 bridgehead atoms. The van der Waals surface area contributed by atoms with Gasteiger partial charge in [-0.2, -0.15) is 0 Å². The van der Waals surface area contributed by atoms with E-state index in [4.69, 9.17) is 33.7 Å². The second kappa shape index (κ2) is 6.28. The first-order valence-corrected chi connectivity index (χ1v) is 6.50. The molecule has 0 unspecified atom stereocenters. The molecule has 2 N–H and O–H groups in total. The van der Waals surface area contributed by atoms with Crippen molar-refractivity contribution in [3.63, 3.8) is 0 Å². The summed E-state index contributed by atoms with van der Waals surface area (Å²) in [7, 11) is 0. The standard InChI is InChI=1S/C14H9Cl2F2NO2/c15-10-5-7(19)4-8(13(10)16)14(20)21-6-9-11(17)2-1-3-12(9)18/h1-5H,6,19H2. The predicted molar refractivity (Wildman–Crippen MR) is 76.4 cm³/mol. The molecule has 0 heterocycles. The topological polar surface area (TPSA) is 52.3 Å². The summed E-state index contributed by atoms with van der Waals surface area (Å²) in [5.74, 6) is -2.49. The van der Waals surface area contributed by atoms with Gasteiger partial charge < -0.3 is 10.5 Å². The Bertz CT molecular complexity index is 687. The van der Waals surface area contributed by atoms with Gasteiger partial charge in [0.05, 0.1) is 21.2 Å². The van der Waals surface area contributed by atoms with Gasteiger partial charge in [-0.3, -0.25) is 0 Å². The lowest BCUT2D eigenvalue weighted by Crippen LogP contribution is -2.09. The fraction of sp³-hybridized carbons (Fsp3) is 0.0714. The highest BCUT2D eigenvalue weighted by Crippen LogP contribution is 2.29. The van der Waals surface area contributed by atoms with Crippen LogP contribution >= 0.6 is 23.2 Å². The zero-order chi connectivity index (χ0) is 15.6. The van der Waals surface area contributed by atoms with E-state index in [0.29, 0.717) is 0 Å². The van der Waals surface area contributed by atoms with Crippen molar-refractivity contribution in [1.82, 2.24) is 0 Å². The highest BCUT2D eigenvalue weighted by Gasteiger charge is 2.17. The van der Waals surface area contributed by atoms with Crippen LogP contribution in [0.4, 0.5) is 14.5 Å². The van der Waals surface area contributed by atoms with Gasteiger partial charge in [-0.1, -0.05) is 29.3 Å². The van der Waals surface area contributed by atoms with Gasteiger partial charge in [-0.15, -0.1) is 0 Å². The maximum atomic E-state index is 13.4. The van der Waals surface area contributed by atoms with Gasteiger partial charge in [0.15, 0.2) is 0 Å². The number of rotatable bonds is 3. The lowest BCUT2D eigenvalue weighted by molar-refractivity contribution is 0.0465. The Balaban J connectivity index is 2.20. The number of hydrogen-bond acceptors (Lipinski definition) is 3. The molecule has 0 radical (unpaired) electrons. The number of carbonyl (C=O) groups is 1. The number of anilines is 1. The highest BCUT2D eigenvalue weighted by atomic mass is 35.5. The Hall–Kier alpha value is -1.85. The van der Waals surface area contributed by atoms with Gasteiger partial charge in [0.25, 0.3) is 0 Å². The van der Waals surface area contributed by atoms with Crippen molar-refractivity contribution in [1.29, 1.82) is 0 Å². The van der Waals surface area contributed by atoms with Crippen molar-refractivity contribution in [2.24, 2.45) is 0 Å². The SMILES string of the molecule is Nc1cc(Cl)c(Cl)c(C(=O)OCc2c(F)cccc2F)c1. The molecule has 0 aliphatic rings. The zero-order valence-corrected chi connectivity index (χ0v) is 12.0. The fourth-order valence-corrected chi connectivity index (χ4v) is 2.06. The van der Waals surface area contributed by atoms with Crippen LogP contribution in [0.1, 0.15) is 15.9 Å². The van der Waals surface area contributed by atoms with Crippen LogP contribution < -0.4 is 5.73 Å². The van der Waals surface area contributed by atoms with E-state index in [1.54, 1.807) is 0 Å². The number of carbonyl (C=O) groups excluding carboxylic acids is 1. The van der Waals surface area contributed by atoms with Crippen molar-refractivity contribution in [2.45, 2.75) is 6.61 Å². The van der Waals surface area contributed by atoms with E-state index in [-0.39, 0.29) is 26.9 Å². The predicted octanol–water partition coefficient (Wildman–Crippen LogP) is 4.21. The molecule has 0 spiro atoms. The molecule has 0 amide bonds. The number of benzene rings is 2. The van der Waals surface area contributed by atoms with Crippen LogP contribution in [-0.4, -0.2) is 5.97 Å². The molecule has 0 aromatic heterocycles. The second-order valence-electron chi connectivity index (χ2n) is 4.14. The summed E-state index contributed by atoms with van der Waals surface area (Å²) in [4.78, 5) is 11.9. The molecule has 110 valence electrons. The number of halogens is 4. The van der Waals surface area contributed by atoms with Crippen LogP contribution in [0.5, 0.6) is 0 Å². The van der Waals surface area contributed by atoms with E-state index in [1.807, 2.05) is 0 Å². The number of hydrogen-bond donors (Lipinski definition) is 1. The summed E-state index contributed by atoms with van der Waals surface area (Å²) in [6.45, 7) is -0.569. The molecule has 2 aromatic rings.